The van der Waals surface area contributed by atoms with E-state index >= 15 is 0 Å². The van der Waals surface area contributed by atoms with Crippen LogP contribution in [0.5, 0.6) is 0 Å². The second-order valence-electron chi connectivity index (χ2n) is 7.25. The molecule has 1 N–H and O–H groups in total. The van der Waals surface area contributed by atoms with Gasteiger partial charge in [0, 0.05) is 31.4 Å². The minimum Gasteiger partial charge on any atom is -0.338 e. The number of likely N-dealkylation sites (tertiary alicyclic amines) is 1. The van der Waals surface area contributed by atoms with Crippen LogP contribution in [-0.2, 0) is 11.8 Å². The Bertz CT molecular complexity index is 1150. The molecular formula is C19H21N5O3S2. The SMILES string of the molecule is Cc1csc(NC(=O)C2CCN(C(=O)c3sc4ncn(C)c(=O)c4c3C)CC2)n1. The van der Waals surface area contributed by atoms with Crippen molar-refractivity contribution in [2.24, 2.45) is 13.0 Å². The van der Waals surface area contributed by atoms with Gasteiger partial charge in [-0.1, -0.05) is 0 Å². The van der Waals surface area contributed by atoms with Crippen LogP contribution in [0, 0.1) is 19.8 Å². The van der Waals surface area contributed by atoms with Gasteiger partial charge in [-0.3, -0.25) is 14.4 Å². The maximum absolute atomic E-state index is 13.0. The van der Waals surface area contributed by atoms with Gasteiger partial charge < -0.3 is 14.8 Å². The molecule has 0 unspecified atom stereocenters. The highest BCUT2D eigenvalue weighted by atomic mass is 32.1. The van der Waals surface area contributed by atoms with Gasteiger partial charge in [0.05, 0.1) is 22.3 Å². The molecule has 152 valence electrons. The molecule has 4 rings (SSSR count). The van der Waals surface area contributed by atoms with Crippen LogP contribution in [0.25, 0.3) is 10.2 Å². The number of thiazole rings is 1. The number of anilines is 1. The summed E-state index contributed by atoms with van der Waals surface area (Å²) in [6.07, 6.45) is 2.68. The molecule has 1 aliphatic rings. The van der Waals surface area contributed by atoms with Crippen molar-refractivity contribution in [3.05, 3.63) is 38.2 Å². The number of aryl methyl sites for hydroxylation is 3. The molecule has 0 atom stereocenters. The number of fused-ring (bicyclic) bond motifs is 1. The zero-order valence-electron chi connectivity index (χ0n) is 16.4. The van der Waals surface area contributed by atoms with E-state index in [0.29, 0.717) is 51.7 Å². The molecule has 3 aromatic heterocycles. The zero-order chi connectivity index (χ0) is 20.7. The second-order valence-corrected chi connectivity index (χ2v) is 9.10. The first-order valence-electron chi connectivity index (χ1n) is 9.32. The smallest absolute Gasteiger partial charge is 0.264 e. The fraction of sp³-hybridized carbons (Fsp3) is 0.421. The molecule has 0 radical (unpaired) electrons. The third kappa shape index (κ3) is 3.69. The van der Waals surface area contributed by atoms with E-state index in [1.54, 1.807) is 18.9 Å². The Morgan fingerprint density at radius 2 is 1.97 bits per heavy atom. The molecule has 8 nitrogen and oxygen atoms in total. The van der Waals surface area contributed by atoms with Crippen molar-refractivity contribution in [1.82, 2.24) is 19.4 Å². The van der Waals surface area contributed by atoms with E-state index in [-0.39, 0.29) is 23.3 Å². The summed E-state index contributed by atoms with van der Waals surface area (Å²) in [7, 11) is 1.65. The largest absolute Gasteiger partial charge is 0.338 e. The Kier molecular flexibility index (Phi) is 5.22. The summed E-state index contributed by atoms with van der Waals surface area (Å²) in [6.45, 7) is 4.70. The van der Waals surface area contributed by atoms with Gasteiger partial charge in [-0.15, -0.1) is 22.7 Å². The maximum Gasteiger partial charge on any atom is 0.264 e. The molecule has 29 heavy (non-hydrogen) atoms. The lowest BCUT2D eigenvalue weighted by Gasteiger charge is -2.31. The van der Waals surface area contributed by atoms with E-state index in [0.717, 1.165) is 5.69 Å². The summed E-state index contributed by atoms with van der Waals surface area (Å²) >= 11 is 2.67. The number of amides is 2. The van der Waals surface area contributed by atoms with Crippen LogP contribution >= 0.6 is 22.7 Å². The number of hydrogen-bond acceptors (Lipinski definition) is 7. The van der Waals surface area contributed by atoms with E-state index in [9.17, 15) is 14.4 Å². The maximum atomic E-state index is 13.0. The van der Waals surface area contributed by atoms with Gasteiger partial charge >= 0.3 is 0 Å². The van der Waals surface area contributed by atoms with Gasteiger partial charge in [0.1, 0.15) is 4.83 Å². The first-order chi connectivity index (χ1) is 13.8. The molecule has 0 saturated carbocycles. The van der Waals surface area contributed by atoms with Gasteiger partial charge in [0.2, 0.25) is 5.91 Å². The third-order valence-corrected chi connectivity index (χ3v) is 7.27. The molecule has 1 aliphatic heterocycles. The minimum atomic E-state index is -0.143. The highest BCUT2D eigenvalue weighted by Crippen LogP contribution is 2.29. The first kappa shape index (κ1) is 19.7. The van der Waals surface area contributed by atoms with Crippen LogP contribution in [0.1, 0.15) is 33.8 Å². The molecule has 0 aliphatic carbocycles. The predicted octanol–water partition coefficient (Wildman–Crippen LogP) is 2.56. The summed E-state index contributed by atoms with van der Waals surface area (Å²) in [6, 6.07) is 0. The van der Waals surface area contributed by atoms with Gasteiger partial charge in [0.25, 0.3) is 11.5 Å². The number of aromatic nitrogens is 3. The van der Waals surface area contributed by atoms with Crippen LogP contribution in [0.15, 0.2) is 16.5 Å². The number of hydrogen-bond donors (Lipinski definition) is 1. The summed E-state index contributed by atoms with van der Waals surface area (Å²) in [4.78, 5) is 49.4. The zero-order valence-corrected chi connectivity index (χ0v) is 18.0. The summed E-state index contributed by atoms with van der Waals surface area (Å²) in [5.74, 6) is -0.278. The topological polar surface area (TPSA) is 97.2 Å². The Hall–Kier alpha value is -2.59. The third-order valence-electron chi connectivity index (χ3n) is 5.21. The van der Waals surface area contributed by atoms with E-state index in [1.807, 2.05) is 12.3 Å². The number of nitrogens with one attached hydrogen (secondary N) is 1. The van der Waals surface area contributed by atoms with Crippen LogP contribution in [0.2, 0.25) is 0 Å². The lowest BCUT2D eigenvalue weighted by atomic mass is 9.95. The Morgan fingerprint density at radius 3 is 2.62 bits per heavy atom. The van der Waals surface area contributed by atoms with Crippen LogP contribution in [-0.4, -0.2) is 44.3 Å². The lowest BCUT2D eigenvalue weighted by molar-refractivity contribution is -0.121. The van der Waals surface area contributed by atoms with Crippen molar-refractivity contribution in [3.63, 3.8) is 0 Å². The molecular weight excluding hydrogens is 410 g/mol. The normalized spacial score (nSPS) is 15.1. The summed E-state index contributed by atoms with van der Waals surface area (Å²) in [5.41, 5.74) is 1.42. The Balaban J connectivity index is 1.45. The Morgan fingerprint density at radius 1 is 1.24 bits per heavy atom. The molecule has 3 aromatic rings. The number of rotatable bonds is 3. The average molecular weight is 432 g/mol. The number of carbonyl (C=O) groups excluding carboxylic acids is 2. The van der Waals surface area contributed by atoms with Gasteiger partial charge in [-0.2, -0.15) is 0 Å². The molecule has 0 aromatic carbocycles. The Labute approximate surface area is 175 Å². The first-order valence-corrected chi connectivity index (χ1v) is 11.0. The standard InChI is InChI=1S/C19H21N5O3S2/c1-10-8-28-19(21-10)22-15(25)12-4-6-24(7-5-12)18(27)14-11(2)13-16(29-14)20-9-23(3)17(13)26/h8-9,12H,4-7H2,1-3H3,(H,21,22,25). The lowest BCUT2D eigenvalue weighted by Crippen LogP contribution is -2.41. The fourth-order valence-electron chi connectivity index (χ4n) is 3.52. The van der Waals surface area contributed by atoms with Gasteiger partial charge in [-0.25, -0.2) is 9.97 Å². The molecule has 2 amide bonds. The van der Waals surface area contributed by atoms with E-state index in [2.05, 4.69) is 15.3 Å². The quantitative estimate of drug-likeness (QED) is 0.687. The summed E-state index contributed by atoms with van der Waals surface area (Å²) < 4.78 is 1.42. The highest BCUT2D eigenvalue weighted by Gasteiger charge is 2.30. The molecule has 10 heteroatoms. The molecule has 0 spiro atoms. The van der Waals surface area contributed by atoms with E-state index in [1.165, 1.54) is 33.6 Å². The van der Waals surface area contributed by atoms with E-state index < -0.39 is 0 Å². The predicted molar refractivity (Wildman–Crippen MR) is 114 cm³/mol. The molecule has 4 heterocycles. The minimum absolute atomic E-state index is 0.0443. The number of piperidine rings is 1. The van der Waals surface area contributed by atoms with Crippen molar-refractivity contribution < 1.29 is 9.59 Å². The van der Waals surface area contributed by atoms with Gasteiger partial charge in [-0.05, 0) is 32.3 Å². The van der Waals surface area contributed by atoms with Crippen molar-refractivity contribution in [2.45, 2.75) is 26.7 Å². The number of nitrogens with zero attached hydrogens (tertiary/aromatic N) is 4. The second kappa shape index (κ2) is 7.68. The number of carbonyl (C=O) groups is 2. The molecule has 1 saturated heterocycles. The number of thiophene rings is 1. The fourth-order valence-corrected chi connectivity index (χ4v) is 5.32. The van der Waals surface area contributed by atoms with Crippen LogP contribution < -0.4 is 10.9 Å². The van der Waals surface area contributed by atoms with E-state index in [4.69, 9.17) is 0 Å². The van der Waals surface area contributed by atoms with Crippen molar-refractivity contribution in [2.75, 3.05) is 18.4 Å². The summed E-state index contributed by atoms with van der Waals surface area (Å²) in [5, 5.41) is 5.89. The molecule has 1 fully saturated rings. The average Bonchev–Trinajstić information content (AvgIpc) is 3.27. The molecule has 0 bridgehead atoms. The van der Waals surface area contributed by atoms with Crippen molar-refractivity contribution >= 4 is 49.8 Å². The highest BCUT2D eigenvalue weighted by molar-refractivity contribution is 7.20. The van der Waals surface area contributed by atoms with Crippen LogP contribution in [0.3, 0.4) is 0 Å². The van der Waals surface area contributed by atoms with Crippen molar-refractivity contribution in [1.29, 1.82) is 0 Å². The van der Waals surface area contributed by atoms with Crippen LogP contribution in [0.4, 0.5) is 5.13 Å². The van der Waals surface area contributed by atoms with Crippen molar-refractivity contribution in [3.8, 4) is 0 Å². The van der Waals surface area contributed by atoms with Gasteiger partial charge in [0.15, 0.2) is 5.13 Å². The monoisotopic (exact) mass is 431 g/mol.